The fraction of sp³-hybridized carbons (Fsp3) is 0.278. The monoisotopic (exact) mass is 297 g/mol. The van der Waals surface area contributed by atoms with Gasteiger partial charge < -0.3 is 14.7 Å². The van der Waals surface area contributed by atoms with Gasteiger partial charge >= 0.3 is 0 Å². The van der Waals surface area contributed by atoms with E-state index in [9.17, 15) is 9.90 Å². The summed E-state index contributed by atoms with van der Waals surface area (Å²) in [6.07, 6.45) is 0.628. The molecule has 0 aliphatic carbocycles. The van der Waals surface area contributed by atoms with Crippen molar-refractivity contribution < 1.29 is 14.6 Å². The van der Waals surface area contributed by atoms with Crippen LogP contribution in [-0.2, 0) is 4.79 Å². The average molecular weight is 297 g/mol. The number of phenols is 1. The highest BCUT2D eigenvalue weighted by Crippen LogP contribution is 2.39. The Hall–Kier alpha value is -2.49. The molecule has 114 valence electrons. The standard InChI is InChI=1S/C18H19NO3/c1-12-11-18(22-15-9-7-14(21)8-10-15)16-5-3-4-6-17(16)19(12)13(2)20/h3-10,12,18,21H,11H2,1-2H3/t12-,18+/m1/s1. The van der Waals surface area contributed by atoms with Crippen LogP contribution in [0.25, 0.3) is 0 Å². The molecule has 4 nitrogen and oxygen atoms in total. The van der Waals surface area contributed by atoms with E-state index in [1.54, 1.807) is 31.2 Å². The van der Waals surface area contributed by atoms with Crippen LogP contribution in [-0.4, -0.2) is 17.1 Å². The molecule has 0 spiro atoms. The summed E-state index contributed by atoms with van der Waals surface area (Å²) >= 11 is 0. The predicted molar refractivity (Wildman–Crippen MR) is 85.2 cm³/mol. The molecule has 2 atom stereocenters. The smallest absolute Gasteiger partial charge is 0.224 e. The van der Waals surface area contributed by atoms with E-state index in [-0.39, 0.29) is 23.8 Å². The third kappa shape index (κ3) is 2.64. The molecule has 0 unspecified atom stereocenters. The number of amides is 1. The molecule has 2 aromatic rings. The van der Waals surface area contributed by atoms with Crippen molar-refractivity contribution in [2.24, 2.45) is 0 Å². The summed E-state index contributed by atoms with van der Waals surface area (Å²) in [6.45, 7) is 3.62. The zero-order chi connectivity index (χ0) is 15.7. The van der Waals surface area contributed by atoms with Crippen LogP contribution in [0.5, 0.6) is 11.5 Å². The first kappa shape index (κ1) is 14.4. The molecule has 2 aromatic carbocycles. The van der Waals surface area contributed by atoms with E-state index in [0.717, 1.165) is 17.7 Å². The Kier molecular flexibility index (Phi) is 3.75. The normalized spacial score (nSPS) is 20.4. The molecule has 0 bridgehead atoms. The van der Waals surface area contributed by atoms with E-state index in [1.165, 1.54) is 0 Å². The van der Waals surface area contributed by atoms with Crippen molar-refractivity contribution in [3.8, 4) is 11.5 Å². The lowest BCUT2D eigenvalue weighted by Gasteiger charge is -2.38. The maximum absolute atomic E-state index is 11.9. The number of rotatable bonds is 2. The number of carbonyl (C=O) groups is 1. The van der Waals surface area contributed by atoms with E-state index in [2.05, 4.69) is 0 Å². The third-order valence-corrected chi connectivity index (χ3v) is 3.99. The number of phenolic OH excluding ortho intramolecular Hbond substituents is 1. The first-order chi connectivity index (χ1) is 10.6. The second-order valence-electron chi connectivity index (χ2n) is 5.63. The maximum atomic E-state index is 11.9. The van der Waals surface area contributed by atoms with Gasteiger partial charge in [0.1, 0.15) is 17.6 Å². The van der Waals surface area contributed by atoms with Crippen LogP contribution in [0.15, 0.2) is 48.5 Å². The van der Waals surface area contributed by atoms with Crippen molar-refractivity contribution in [1.29, 1.82) is 0 Å². The van der Waals surface area contributed by atoms with Crippen molar-refractivity contribution in [3.05, 3.63) is 54.1 Å². The molecule has 3 rings (SSSR count). The Labute approximate surface area is 130 Å². The molecular formula is C18H19NO3. The van der Waals surface area contributed by atoms with E-state index in [1.807, 2.05) is 36.1 Å². The first-order valence-electron chi connectivity index (χ1n) is 7.40. The van der Waals surface area contributed by atoms with Crippen LogP contribution < -0.4 is 9.64 Å². The SMILES string of the molecule is CC(=O)N1c2ccccc2[C@@H](Oc2ccc(O)cc2)C[C@H]1C. The van der Waals surface area contributed by atoms with Gasteiger partial charge in [0.25, 0.3) is 0 Å². The Morgan fingerprint density at radius 3 is 2.55 bits per heavy atom. The van der Waals surface area contributed by atoms with E-state index >= 15 is 0 Å². The highest BCUT2D eigenvalue weighted by molar-refractivity contribution is 5.93. The molecule has 1 aliphatic rings. The van der Waals surface area contributed by atoms with Gasteiger partial charge in [-0.05, 0) is 37.3 Å². The zero-order valence-corrected chi connectivity index (χ0v) is 12.7. The molecule has 0 saturated heterocycles. The van der Waals surface area contributed by atoms with Gasteiger partial charge in [0.15, 0.2) is 0 Å². The van der Waals surface area contributed by atoms with E-state index in [4.69, 9.17) is 4.74 Å². The maximum Gasteiger partial charge on any atom is 0.224 e. The molecule has 1 amide bonds. The average Bonchev–Trinajstić information content (AvgIpc) is 2.49. The van der Waals surface area contributed by atoms with Crippen molar-refractivity contribution in [2.75, 3.05) is 4.90 Å². The van der Waals surface area contributed by atoms with Crippen molar-refractivity contribution in [1.82, 2.24) is 0 Å². The summed E-state index contributed by atoms with van der Waals surface area (Å²) in [7, 11) is 0. The van der Waals surface area contributed by atoms with Crippen molar-refractivity contribution in [2.45, 2.75) is 32.4 Å². The number of para-hydroxylation sites is 1. The first-order valence-corrected chi connectivity index (χ1v) is 7.40. The lowest BCUT2D eigenvalue weighted by atomic mass is 9.93. The lowest BCUT2D eigenvalue weighted by Crippen LogP contribution is -2.42. The minimum absolute atomic E-state index is 0.0445. The molecule has 1 aliphatic heterocycles. The topological polar surface area (TPSA) is 49.8 Å². The molecule has 1 N–H and O–H groups in total. The van der Waals surface area contributed by atoms with Gasteiger partial charge in [0, 0.05) is 24.9 Å². The van der Waals surface area contributed by atoms with Gasteiger partial charge in [-0.15, -0.1) is 0 Å². The van der Waals surface area contributed by atoms with Gasteiger partial charge in [-0.1, -0.05) is 18.2 Å². The second-order valence-corrected chi connectivity index (χ2v) is 5.63. The Morgan fingerprint density at radius 1 is 1.18 bits per heavy atom. The van der Waals surface area contributed by atoms with Crippen LogP contribution in [0.3, 0.4) is 0 Å². The lowest BCUT2D eigenvalue weighted by molar-refractivity contribution is -0.117. The molecule has 0 radical (unpaired) electrons. The number of hydrogen-bond donors (Lipinski definition) is 1. The molecule has 4 heteroatoms. The summed E-state index contributed by atoms with van der Waals surface area (Å²) in [5.74, 6) is 0.969. The number of carbonyl (C=O) groups excluding carboxylic acids is 1. The van der Waals surface area contributed by atoms with Gasteiger partial charge in [-0.3, -0.25) is 4.79 Å². The van der Waals surface area contributed by atoms with Crippen LogP contribution in [0.2, 0.25) is 0 Å². The number of hydrogen-bond acceptors (Lipinski definition) is 3. The minimum atomic E-state index is -0.105. The molecule has 1 heterocycles. The highest BCUT2D eigenvalue weighted by Gasteiger charge is 2.33. The largest absolute Gasteiger partial charge is 0.508 e. The quantitative estimate of drug-likeness (QED) is 0.920. The summed E-state index contributed by atoms with van der Waals surface area (Å²) in [5, 5.41) is 9.36. The Morgan fingerprint density at radius 2 is 1.86 bits per heavy atom. The van der Waals surface area contributed by atoms with Crippen LogP contribution in [0.1, 0.15) is 31.9 Å². The zero-order valence-electron chi connectivity index (χ0n) is 12.7. The van der Waals surface area contributed by atoms with Crippen LogP contribution in [0, 0.1) is 0 Å². The number of ether oxygens (including phenoxy) is 1. The number of aromatic hydroxyl groups is 1. The van der Waals surface area contributed by atoms with Gasteiger partial charge in [0.05, 0.1) is 5.69 Å². The van der Waals surface area contributed by atoms with Crippen molar-refractivity contribution >= 4 is 11.6 Å². The molecule has 0 aromatic heterocycles. The van der Waals surface area contributed by atoms with Gasteiger partial charge in [-0.2, -0.15) is 0 Å². The third-order valence-electron chi connectivity index (χ3n) is 3.99. The number of anilines is 1. The number of fused-ring (bicyclic) bond motifs is 1. The summed E-state index contributed by atoms with van der Waals surface area (Å²) in [6, 6.07) is 14.6. The van der Waals surface area contributed by atoms with Crippen LogP contribution in [0.4, 0.5) is 5.69 Å². The molecule has 0 saturated carbocycles. The Bertz CT molecular complexity index is 681. The van der Waals surface area contributed by atoms with E-state index in [0.29, 0.717) is 5.75 Å². The fourth-order valence-corrected chi connectivity index (χ4v) is 3.04. The van der Waals surface area contributed by atoms with Gasteiger partial charge in [-0.25, -0.2) is 0 Å². The van der Waals surface area contributed by atoms with E-state index < -0.39 is 0 Å². The molecule has 22 heavy (non-hydrogen) atoms. The fourth-order valence-electron chi connectivity index (χ4n) is 3.04. The Balaban J connectivity index is 1.94. The highest BCUT2D eigenvalue weighted by atomic mass is 16.5. The second kappa shape index (κ2) is 5.72. The predicted octanol–water partition coefficient (Wildman–Crippen LogP) is 3.66. The summed E-state index contributed by atoms with van der Waals surface area (Å²) in [5.41, 5.74) is 1.93. The minimum Gasteiger partial charge on any atom is -0.508 e. The number of benzene rings is 2. The van der Waals surface area contributed by atoms with Gasteiger partial charge in [0.2, 0.25) is 5.91 Å². The summed E-state index contributed by atoms with van der Waals surface area (Å²) in [4.78, 5) is 13.8. The van der Waals surface area contributed by atoms with Crippen molar-refractivity contribution in [3.63, 3.8) is 0 Å². The van der Waals surface area contributed by atoms with Crippen LogP contribution >= 0.6 is 0 Å². The molecular weight excluding hydrogens is 278 g/mol. The summed E-state index contributed by atoms with van der Waals surface area (Å²) < 4.78 is 6.09. The number of nitrogens with zero attached hydrogens (tertiary/aromatic N) is 1. The molecule has 0 fully saturated rings.